The summed E-state index contributed by atoms with van der Waals surface area (Å²) in [6.07, 6.45) is 1.72. The van der Waals surface area contributed by atoms with Crippen LogP contribution in [0.25, 0.3) is 11.1 Å². The first-order chi connectivity index (χ1) is 12.8. The highest BCUT2D eigenvalue weighted by atomic mass is 32.2. The third-order valence-corrected chi connectivity index (χ3v) is 4.87. The molecule has 140 valence electrons. The summed E-state index contributed by atoms with van der Waals surface area (Å²) in [6, 6.07) is 11.1. The highest BCUT2D eigenvalue weighted by Crippen LogP contribution is 2.31. The minimum absolute atomic E-state index is 0.100. The molecule has 2 aromatic carbocycles. The molecule has 27 heavy (non-hydrogen) atoms. The molecule has 0 aliphatic heterocycles. The zero-order valence-corrected chi connectivity index (χ0v) is 15.7. The normalized spacial score (nSPS) is 12.0. The number of nitrogens with two attached hydrogens (primary N) is 1. The van der Waals surface area contributed by atoms with Gasteiger partial charge in [-0.3, -0.25) is 9.48 Å². The minimum atomic E-state index is -1.76. The van der Waals surface area contributed by atoms with Gasteiger partial charge in [0.05, 0.1) is 23.5 Å². The lowest BCUT2D eigenvalue weighted by Crippen LogP contribution is -2.17. The van der Waals surface area contributed by atoms with E-state index in [0.29, 0.717) is 21.7 Å². The van der Waals surface area contributed by atoms with Crippen molar-refractivity contribution in [1.29, 1.82) is 0 Å². The fourth-order valence-corrected chi connectivity index (χ4v) is 3.51. The molecule has 6 nitrogen and oxygen atoms in total. The molecule has 8 heteroatoms. The number of hydrogen-bond donors (Lipinski definition) is 2. The van der Waals surface area contributed by atoms with Crippen molar-refractivity contribution in [3.8, 4) is 11.1 Å². The number of hydrogen-bond acceptors (Lipinski definition) is 4. The third kappa shape index (κ3) is 4.36. The van der Waals surface area contributed by atoms with Crippen LogP contribution in [-0.4, -0.2) is 20.2 Å². The van der Waals surface area contributed by atoms with Gasteiger partial charge < -0.3 is 9.87 Å². The van der Waals surface area contributed by atoms with Crippen molar-refractivity contribution in [2.75, 3.05) is 5.32 Å². The van der Waals surface area contributed by atoms with Crippen LogP contribution in [0, 0.1) is 12.7 Å². The van der Waals surface area contributed by atoms with Crippen molar-refractivity contribution in [3.63, 3.8) is 0 Å². The van der Waals surface area contributed by atoms with Gasteiger partial charge in [-0.25, -0.2) is 4.39 Å². The van der Waals surface area contributed by atoms with Crippen LogP contribution in [0.15, 0.2) is 53.6 Å². The molecular formula is C19H19FN4O2S. The molecule has 1 atom stereocenters. The molecule has 3 rings (SSSR count). The van der Waals surface area contributed by atoms with Crippen LogP contribution in [0.2, 0.25) is 0 Å². The molecule has 3 N–H and O–H groups in total. The van der Waals surface area contributed by atoms with Gasteiger partial charge in [-0.1, -0.05) is 18.2 Å². The number of carbonyl (C=O) groups is 1. The van der Waals surface area contributed by atoms with Crippen LogP contribution >= 0.6 is 0 Å². The number of halogens is 1. The fourth-order valence-electron chi connectivity index (χ4n) is 2.87. The monoisotopic (exact) mass is 386 g/mol. The van der Waals surface area contributed by atoms with Gasteiger partial charge in [0.15, 0.2) is 4.90 Å². The predicted molar refractivity (Wildman–Crippen MR) is 103 cm³/mol. The van der Waals surface area contributed by atoms with Gasteiger partial charge in [-0.05, 0) is 30.7 Å². The first-order valence-electron chi connectivity index (χ1n) is 8.19. The van der Waals surface area contributed by atoms with Crippen molar-refractivity contribution < 1.29 is 13.7 Å². The Hall–Kier alpha value is -2.68. The summed E-state index contributed by atoms with van der Waals surface area (Å²) in [5.74, 6) is -0.807. The van der Waals surface area contributed by atoms with E-state index in [4.69, 9.17) is 5.14 Å². The summed E-state index contributed by atoms with van der Waals surface area (Å²) in [7, 11) is 1.80. The van der Waals surface area contributed by atoms with Gasteiger partial charge in [0.2, 0.25) is 5.91 Å². The van der Waals surface area contributed by atoms with Crippen LogP contribution in [0.4, 0.5) is 10.1 Å². The van der Waals surface area contributed by atoms with E-state index in [1.165, 1.54) is 6.07 Å². The second-order valence-electron chi connectivity index (χ2n) is 6.13. The van der Waals surface area contributed by atoms with E-state index < -0.39 is 17.2 Å². The number of aromatic nitrogens is 2. The molecule has 0 radical (unpaired) electrons. The molecule has 0 bridgehead atoms. The molecule has 0 saturated heterocycles. The number of nitrogens with zero attached hydrogens (tertiary/aromatic N) is 2. The number of anilines is 1. The molecule has 0 spiro atoms. The quantitative estimate of drug-likeness (QED) is 0.659. The number of benzene rings is 2. The zero-order valence-electron chi connectivity index (χ0n) is 14.9. The summed E-state index contributed by atoms with van der Waals surface area (Å²) >= 11 is -1.76. The number of rotatable bonds is 5. The maximum Gasteiger partial charge on any atom is 0.228 e. The number of carbonyl (C=O) groups excluding carboxylic acids is 1. The largest absolute Gasteiger partial charge is 0.593 e. The molecule has 1 amide bonds. The van der Waals surface area contributed by atoms with Gasteiger partial charge in [0, 0.05) is 36.1 Å². The van der Waals surface area contributed by atoms with Crippen LogP contribution in [-0.2, 0) is 29.6 Å². The Labute approximate surface area is 159 Å². The SMILES string of the molecule is Cc1nn(C)cc1-c1ccc(NC(=O)Cc2ccccc2F)cc1[S+](N)[O-]. The summed E-state index contributed by atoms with van der Waals surface area (Å²) < 4.78 is 27.4. The highest BCUT2D eigenvalue weighted by molar-refractivity contribution is 7.89. The average molecular weight is 386 g/mol. The lowest BCUT2D eigenvalue weighted by molar-refractivity contribution is -0.115. The lowest BCUT2D eigenvalue weighted by Gasteiger charge is -2.12. The van der Waals surface area contributed by atoms with Crippen LogP contribution in [0.3, 0.4) is 0 Å². The predicted octanol–water partition coefficient (Wildman–Crippen LogP) is 2.70. The third-order valence-electron chi connectivity index (χ3n) is 4.09. The Morgan fingerprint density at radius 1 is 1.30 bits per heavy atom. The second kappa shape index (κ2) is 7.91. The van der Waals surface area contributed by atoms with Crippen molar-refractivity contribution in [2.24, 2.45) is 12.2 Å². The number of amides is 1. The number of aryl methyl sites for hydroxylation is 2. The Morgan fingerprint density at radius 2 is 2.04 bits per heavy atom. The zero-order chi connectivity index (χ0) is 19.6. The summed E-state index contributed by atoms with van der Waals surface area (Å²) in [4.78, 5) is 12.6. The van der Waals surface area contributed by atoms with Gasteiger partial charge in [0.1, 0.15) is 5.82 Å². The molecule has 0 fully saturated rings. The van der Waals surface area contributed by atoms with E-state index in [-0.39, 0.29) is 12.3 Å². The Kier molecular flexibility index (Phi) is 5.59. The molecule has 0 aliphatic rings. The maximum atomic E-state index is 13.7. The molecule has 1 unspecified atom stereocenters. The Balaban J connectivity index is 1.85. The van der Waals surface area contributed by atoms with Gasteiger partial charge in [-0.15, -0.1) is 5.14 Å². The second-order valence-corrected chi connectivity index (χ2v) is 7.16. The van der Waals surface area contributed by atoms with E-state index in [9.17, 15) is 13.7 Å². The first-order valence-corrected chi connectivity index (χ1v) is 9.40. The summed E-state index contributed by atoms with van der Waals surface area (Å²) in [5, 5.41) is 12.6. The van der Waals surface area contributed by atoms with Crippen molar-refractivity contribution in [1.82, 2.24) is 9.78 Å². The van der Waals surface area contributed by atoms with E-state index in [1.807, 2.05) is 13.1 Å². The van der Waals surface area contributed by atoms with Crippen LogP contribution in [0.1, 0.15) is 11.3 Å². The first kappa shape index (κ1) is 19.1. The highest BCUT2D eigenvalue weighted by Gasteiger charge is 2.19. The average Bonchev–Trinajstić information content (AvgIpc) is 2.95. The maximum absolute atomic E-state index is 13.7. The van der Waals surface area contributed by atoms with Crippen molar-refractivity contribution in [3.05, 3.63) is 65.7 Å². The van der Waals surface area contributed by atoms with Gasteiger partial charge >= 0.3 is 0 Å². The smallest absolute Gasteiger partial charge is 0.228 e. The van der Waals surface area contributed by atoms with Crippen LogP contribution in [0.5, 0.6) is 0 Å². The molecular weight excluding hydrogens is 367 g/mol. The van der Waals surface area contributed by atoms with Gasteiger partial charge in [0.25, 0.3) is 0 Å². The summed E-state index contributed by atoms with van der Waals surface area (Å²) in [6.45, 7) is 1.85. The van der Waals surface area contributed by atoms with E-state index in [2.05, 4.69) is 10.4 Å². The van der Waals surface area contributed by atoms with E-state index in [0.717, 1.165) is 11.3 Å². The molecule has 1 heterocycles. The Morgan fingerprint density at radius 3 is 2.67 bits per heavy atom. The molecule has 0 aliphatic carbocycles. The van der Waals surface area contributed by atoms with Crippen molar-refractivity contribution >= 4 is 23.0 Å². The lowest BCUT2D eigenvalue weighted by atomic mass is 10.1. The minimum Gasteiger partial charge on any atom is -0.593 e. The number of nitrogens with one attached hydrogen (secondary N) is 1. The standard InChI is InChI=1S/C19H19FN4O2S/c1-12-16(11-24(2)23-12)15-8-7-14(10-18(15)27(21)26)22-19(25)9-13-5-3-4-6-17(13)20/h3-8,10-11H,9,21H2,1-2H3,(H,22,25). The molecule has 3 aromatic rings. The van der Waals surface area contributed by atoms with E-state index in [1.54, 1.807) is 48.1 Å². The topological polar surface area (TPSA) is 96.0 Å². The summed E-state index contributed by atoms with van der Waals surface area (Å²) in [5.41, 5.74) is 3.03. The van der Waals surface area contributed by atoms with Gasteiger partial charge in [-0.2, -0.15) is 5.10 Å². The van der Waals surface area contributed by atoms with Crippen molar-refractivity contribution in [2.45, 2.75) is 18.2 Å². The van der Waals surface area contributed by atoms with Crippen LogP contribution < -0.4 is 10.5 Å². The fraction of sp³-hybridized carbons (Fsp3) is 0.158. The molecule has 0 saturated carbocycles. The Bertz CT molecular complexity index is 988. The van der Waals surface area contributed by atoms with E-state index >= 15 is 0 Å². The molecule has 1 aromatic heterocycles.